The van der Waals surface area contributed by atoms with Gasteiger partial charge < -0.3 is 10.6 Å². The average Bonchev–Trinajstić information content (AvgIpc) is 2.41. The van der Waals surface area contributed by atoms with Crippen molar-refractivity contribution in [2.45, 2.75) is 33.2 Å². The van der Waals surface area contributed by atoms with Gasteiger partial charge in [-0.3, -0.25) is 4.90 Å². The number of anilines is 2. The molecule has 2 rings (SSSR count). The lowest BCUT2D eigenvalue weighted by atomic mass is 10.1. The first-order valence-electron chi connectivity index (χ1n) is 6.97. The van der Waals surface area contributed by atoms with E-state index in [9.17, 15) is 0 Å². The summed E-state index contributed by atoms with van der Waals surface area (Å²) in [6.45, 7) is 11.2. The number of hydrogen-bond acceptors (Lipinski definition) is 3. The van der Waals surface area contributed by atoms with Gasteiger partial charge in [0.25, 0.3) is 0 Å². The summed E-state index contributed by atoms with van der Waals surface area (Å²) < 4.78 is 0. The third kappa shape index (κ3) is 2.78. The molecule has 1 atom stereocenters. The molecule has 1 fully saturated rings. The number of aryl methyl sites for hydroxylation is 1. The zero-order valence-electron chi connectivity index (χ0n) is 11.8. The van der Waals surface area contributed by atoms with Crippen molar-refractivity contribution in [1.29, 1.82) is 0 Å². The predicted octanol–water partition coefficient (Wildman–Crippen LogP) is 2.50. The number of piperazine rings is 1. The van der Waals surface area contributed by atoms with E-state index in [1.54, 1.807) is 0 Å². The lowest BCUT2D eigenvalue weighted by Crippen LogP contribution is -2.49. The van der Waals surface area contributed by atoms with Crippen molar-refractivity contribution >= 4 is 11.4 Å². The van der Waals surface area contributed by atoms with Gasteiger partial charge in [-0.2, -0.15) is 0 Å². The van der Waals surface area contributed by atoms with Crippen LogP contribution in [0, 0.1) is 6.92 Å². The number of nitrogens with two attached hydrogens (primary N) is 1. The van der Waals surface area contributed by atoms with Gasteiger partial charge in [0.1, 0.15) is 0 Å². The Morgan fingerprint density at radius 3 is 2.44 bits per heavy atom. The highest BCUT2D eigenvalue weighted by Gasteiger charge is 2.20. The fourth-order valence-electron chi connectivity index (χ4n) is 2.50. The Balaban J connectivity index is 1.99. The minimum atomic E-state index is 0.704. The molecule has 3 heteroatoms. The predicted molar refractivity (Wildman–Crippen MR) is 79.1 cm³/mol. The molecule has 1 saturated heterocycles. The minimum absolute atomic E-state index is 0.704. The SMILES string of the molecule is CCC(C)N1CCN(c2ccc(C)c(N)c2)CC1. The zero-order valence-corrected chi connectivity index (χ0v) is 11.8. The Morgan fingerprint density at radius 1 is 1.22 bits per heavy atom. The largest absolute Gasteiger partial charge is 0.398 e. The average molecular weight is 247 g/mol. The zero-order chi connectivity index (χ0) is 13.1. The summed E-state index contributed by atoms with van der Waals surface area (Å²) in [5.74, 6) is 0. The molecule has 1 heterocycles. The fraction of sp³-hybridized carbons (Fsp3) is 0.600. The third-order valence-corrected chi connectivity index (χ3v) is 4.16. The molecule has 3 nitrogen and oxygen atoms in total. The monoisotopic (exact) mass is 247 g/mol. The molecule has 1 aromatic rings. The molecule has 0 aromatic heterocycles. The Hall–Kier alpha value is -1.22. The van der Waals surface area contributed by atoms with Gasteiger partial charge in [0.05, 0.1) is 0 Å². The molecular weight excluding hydrogens is 222 g/mol. The van der Waals surface area contributed by atoms with Crippen LogP contribution in [-0.4, -0.2) is 37.1 Å². The fourth-order valence-corrected chi connectivity index (χ4v) is 2.50. The van der Waals surface area contributed by atoms with Crippen LogP contribution in [0.15, 0.2) is 18.2 Å². The lowest BCUT2D eigenvalue weighted by Gasteiger charge is -2.39. The first-order chi connectivity index (χ1) is 8.61. The molecule has 0 bridgehead atoms. The molecule has 0 radical (unpaired) electrons. The van der Waals surface area contributed by atoms with Gasteiger partial charge in [0, 0.05) is 43.6 Å². The van der Waals surface area contributed by atoms with E-state index in [0.29, 0.717) is 6.04 Å². The van der Waals surface area contributed by atoms with Gasteiger partial charge in [-0.05, 0) is 38.0 Å². The summed E-state index contributed by atoms with van der Waals surface area (Å²) in [5.41, 5.74) is 9.32. The molecule has 2 N–H and O–H groups in total. The lowest BCUT2D eigenvalue weighted by molar-refractivity contribution is 0.193. The highest BCUT2D eigenvalue weighted by atomic mass is 15.3. The first-order valence-corrected chi connectivity index (χ1v) is 6.97. The van der Waals surface area contributed by atoms with Crippen LogP contribution in [0.25, 0.3) is 0 Å². The maximum atomic E-state index is 5.99. The van der Waals surface area contributed by atoms with E-state index in [1.807, 2.05) is 0 Å². The Morgan fingerprint density at radius 2 is 1.89 bits per heavy atom. The van der Waals surface area contributed by atoms with E-state index in [-0.39, 0.29) is 0 Å². The van der Waals surface area contributed by atoms with Gasteiger partial charge in [0.2, 0.25) is 0 Å². The van der Waals surface area contributed by atoms with Crippen LogP contribution in [0.4, 0.5) is 11.4 Å². The molecule has 0 aliphatic carbocycles. The smallest absolute Gasteiger partial charge is 0.0387 e. The summed E-state index contributed by atoms with van der Waals surface area (Å²) >= 11 is 0. The number of nitrogen functional groups attached to an aromatic ring is 1. The molecule has 1 aliphatic rings. The Kier molecular flexibility index (Phi) is 4.12. The highest BCUT2D eigenvalue weighted by molar-refractivity contribution is 5.59. The summed E-state index contributed by atoms with van der Waals surface area (Å²) in [5, 5.41) is 0. The second-order valence-corrected chi connectivity index (χ2v) is 5.32. The van der Waals surface area contributed by atoms with E-state index in [1.165, 1.54) is 12.1 Å². The highest BCUT2D eigenvalue weighted by Crippen LogP contribution is 2.22. The van der Waals surface area contributed by atoms with Crippen molar-refractivity contribution in [3.05, 3.63) is 23.8 Å². The molecule has 1 unspecified atom stereocenters. The molecule has 1 aliphatic heterocycles. The van der Waals surface area contributed by atoms with Crippen LogP contribution in [-0.2, 0) is 0 Å². The van der Waals surface area contributed by atoms with E-state index in [0.717, 1.165) is 37.4 Å². The standard InChI is InChI=1S/C15H25N3/c1-4-13(3)17-7-9-18(10-8-17)14-6-5-12(2)15(16)11-14/h5-6,11,13H,4,7-10,16H2,1-3H3. The molecule has 0 spiro atoms. The quantitative estimate of drug-likeness (QED) is 0.833. The Bertz CT molecular complexity index is 395. The van der Waals surface area contributed by atoms with Crippen molar-refractivity contribution in [1.82, 2.24) is 4.90 Å². The maximum Gasteiger partial charge on any atom is 0.0387 e. The van der Waals surface area contributed by atoms with Crippen molar-refractivity contribution in [2.75, 3.05) is 36.8 Å². The maximum absolute atomic E-state index is 5.99. The summed E-state index contributed by atoms with van der Waals surface area (Å²) in [6.07, 6.45) is 1.23. The van der Waals surface area contributed by atoms with Crippen LogP contribution < -0.4 is 10.6 Å². The van der Waals surface area contributed by atoms with Gasteiger partial charge in [-0.25, -0.2) is 0 Å². The molecule has 1 aromatic carbocycles. The second-order valence-electron chi connectivity index (χ2n) is 5.32. The summed E-state index contributed by atoms with van der Waals surface area (Å²) in [7, 11) is 0. The van der Waals surface area contributed by atoms with E-state index in [2.05, 4.69) is 48.8 Å². The normalized spacial score (nSPS) is 18.9. The molecule has 0 amide bonds. The van der Waals surface area contributed by atoms with Crippen molar-refractivity contribution in [3.63, 3.8) is 0 Å². The molecule has 18 heavy (non-hydrogen) atoms. The van der Waals surface area contributed by atoms with Gasteiger partial charge >= 0.3 is 0 Å². The topological polar surface area (TPSA) is 32.5 Å². The Labute approximate surface area is 111 Å². The molecular formula is C15H25N3. The van der Waals surface area contributed by atoms with Crippen molar-refractivity contribution < 1.29 is 0 Å². The van der Waals surface area contributed by atoms with Crippen LogP contribution in [0.1, 0.15) is 25.8 Å². The van der Waals surface area contributed by atoms with E-state index < -0.39 is 0 Å². The second kappa shape index (κ2) is 5.61. The van der Waals surface area contributed by atoms with E-state index >= 15 is 0 Å². The number of hydrogen-bond donors (Lipinski definition) is 1. The first kappa shape index (κ1) is 13.2. The van der Waals surface area contributed by atoms with Crippen molar-refractivity contribution in [2.24, 2.45) is 0 Å². The number of benzene rings is 1. The summed E-state index contributed by atoms with van der Waals surface area (Å²) in [6, 6.07) is 7.11. The van der Waals surface area contributed by atoms with Gasteiger partial charge in [-0.15, -0.1) is 0 Å². The van der Waals surface area contributed by atoms with Crippen LogP contribution in [0.2, 0.25) is 0 Å². The van der Waals surface area contributed by atoms with Crippen molar-refractivity contribution in [3.8, 4) is 0 Å². The van der Waals surface area contributed by atoms with E-state index in [4.69, 9.17) is 5.73 Å². The van der Waals surface area contributed by atoms with Crippen LogP contribution in [0.5, 0.6) is 0 Å². The number of nitrogens with zero attached hydrogens (tertiary/aromatic N) is 2. The number of rotatable bonds is 3. The van der Waals surface area contributed by atoms with Crippen LogP contribution >= 0.6 is 0 Å². The molecule has 100 valence electrons. The minimum Gasteiger partial charge on any atom is -0.398 e. The van der Waals surface area contributed by atoms with Gasteiger partial charge in [0.15, 0.2) is 0 Å². The molecule has 0 saturated carbocycles. The van der Waals surface area contributed by atoms with Crippen LogP contribution in [0.3, 0.4) is 0 Å². The summed E-state index contributed by atoms with van der Waals surface area (Å²) in [4.78, 5) is 5.02. The van der Waals surface area contributed by atoms with Gasteiger partial charge in [-0.1, -0.05) is 13.0 Å². The third-order valence-electron chi connectivity index (χ3n) is 4.16.